The maximum absolute atomic E-state index is 11.5. The van der Waals surface area contributed by atoms with Gasteiger partial charge in [-0.3, -0.25) is 4.79 Å². The minimum atomic E-state index is -0.125. The summed E-state index contributed by atoms with van der Waals surface area (Å²) in [4.78, 5) is 11.5. The Morgan fingerprint density at radius 3 is 1.00 bits per heavy atom. The molecule has 10 nitrogen and oxygen atoms in total. The lowest BCUT2D eigenvalue weighted by molar-refractivity contribution is -0.148. The highest BCUT2D eigenvalue weighted by molar-refractivity contribution is 5.71. The lowest BCUT2D eigenvalue weighted by Crippen LogP contribution is -2.15. The van der Waals surface area contributed by atoms with Gasteiger partial charge in [0.2, 0.25) is 0 Å². The third kappa shape index (κ3) is 31.5. The van der Waals surface area contributed by atoms with Gasteiger partial charge >= 0.3 is 5.97 Å². The summed E-state index contributed by atoms with van der Waals surface area (Å²) >= 11 is 0. The van der Waals surface area contributed by atoms with Crippen molar-refractivity contribution in [2.24, 2.45) is 5.92 Å². The molecule has 0 saturated carbocycles. The zero-order chi connectivity index (χ0) is 28.5. The van der Waals surface area contributed by atoms with Gasteiger partial charge in [-0.1, -0.05) is 13.8 Å². The predicted octanol–water partition coefficient (Wildman–Crippen LogP) is 3.81. The standard InChI is InChI=1S/C29H58O10/c1-3-28(2)29(31)39-27-11-26-38-25-10-24-37-23-9-22-36-21-8-20-35-19-7-18-34-17-6-16-33-15-5-14-32-13-4-12-30/h28,30H,3-27H2,1-2H3. The molecule has 0 fully saturated rings. The van der Waals surface area contributed by atoms with E-state index in [1.807, 2.05) is 13.8 Å². The second kappa shape index (κ2) is 33.4. The van der Waals surface area contributed by atoms with Crippen molar-refractivity contribution in [1.29, 1.82) is 0 Å². The monoisotopic (exact) mass is 566 g/mol. The van der Waals surface area contributed by atoms with Crippen LogP contribution in [0.2, 0.25) is 0 Å². The molecule has 0 saturated heterocycles. The van der Waals surface area contributed by atoms with E-state index in [0.717, 1.165) is 51.4 Å². The first-order valence-electron chi connectivity index (χ1n) is 15.0. The highest BCUT2D eigenvalue weighted by atomic mass is 16.5. The van der Waals surface area contributed by atoms with Crippen molar-refractivity contribution < 1.29 is 47.8 Å². The normalized spacial score (nSPS) is 12.2. The van der Waals surface area contributed by atoms with Crippen molar-refractivity contribution in [2.45, 2.75) is 71.6 Å². The van der Waals surface area contributed by atoms with Gasteiger partial charge in [-0.25, -0.2) is 0 Å². The number of ether oxygens (including phenoxy) is 8. The largest absolute Gasteiger partial charge is 0.465 e. The first-order valence-corrected chi connectivity index (χ1v) is 15.0. The topological polar surface area (TPSA) is 111 Å². The second-order valence-electron chi connectivity index (χ2n) is 9.32. The Kier molecular flexibility index (Phi) is 32.6. The van der Waals surface area contributed by atoms with Gasteiger partial charge in [0.1, 0.15) is 0 Å². The summed E-state index contributed by atoms with van der Waals surface area (Å²) in [5, 5.41) is 8.65. The molecule has 1 unspecified atom stereocenters. The van der Waals surface area contributed by atoms with Gasteiger partial charge in [0.25, 0.3) is 0 Å². The van der Waals surface area contributed by atoms with Gasteiger partial charge in [-0.15, -0.1) is 0 Å². The van der Waals surface area contributed by atoms with Crippen LogP contribution in [0, 0.1) is 5.92 Å². The van der Waals surface area contributed by atoms with Gasteiger partial charge < -0.3 is 43.0 Å². The number of hydrogen-bond donors (Lipinski definition) is 1. The summed E-state index contributed by atoms with van der Waals surface area (Å²) in [6, 6.07) is 0. The predicted molar refractivity (Wildman–Crippen MR) is 150 cm³/mol. The van der Waals surface area contributed by atoms with Crippen LogP contribution in [0.3, 0.4) is 0 Å². The smallest absolute Gasteiger partial charge is 0.308 e. The number of esters is 1. The van der Waals surface area contributed by atoms with Crippen LogP contribution in [0.5, 0.6) is 0 Å². The Hall–Kier alpha value is -0.850. The molecule has 0 aromatic rings. The molecule has 0 amide bonds. The van der Waals surface area contributed by atoms with Gasteiger partial charge in [0.15, 0.2) is 0 Å². The summed E-state index contributed by atoms with van der Waals surface area (Å²) in [6.45, 7) is 14.0. The number of rotatable bonds is 33. The van der Waals surface area contributed by atoms with Gasteiger partial charge in [0.05, 0.1) is 12.5 Å². The lowest BCUT2D eigenvalue weighted by atomic mass is 10.1. The van der Waals surface area contributed by atoms with E-state index in [-0.39, 0.29) is 18.5 Å². The van der Waals surface area contributed by atoms with Crippen molar-refractivity contribution in [3.05, 3.63) is 0 Å². The minimum absolute atomic E-state index is 0.0294. The van der Waals surface area contributed by atoms with E-state index in [4.69, 9.17) is 43.0 Å². The van der Waals surface area contributed by atoms with Crippen molar-refractivity contribution in [3.8, 4) is 0 Å². The number of hydrogen-bond acceptors (Lipinski definition) is 10. The van der Waals surface area contributed by atoms with E-state index in [2.05, 4.69) is 0 Å². The molecule has 0 bridgehead atoms. The van der Waals surface area contributed by atoms with Crippen LogP contribution >= 0.6 is 0 Å². The van der Waals surface area contributed by atoms with Gasteiger partial charge in [-0.05, 0) is 51.4 Å². The van der Waals surface area contributed by atoms with Crippen LogP contribution in [-0.2, 0) is 42.7 Å². The fraction of sp³-hybridized carbons (Fsp3) is 0.966. The van der Waals surface area contributed by atoms with Crippen molar-refractivity contribution >= 4 is 5.97 Å². The Bertz CT molecular complexity index is 481. The SMILES string of the molecule is CCC(C)C(=O)OCCCOCCCOCCCOCCCOCCCOCCCOCCCOCCCO. The van der Waals surface area contributed by atoms with E-state index in [1.54, 1.807) is 0 Å². The third-order valence-electron chi connectivity index (χ3n) is 5.60. The van der Waals surface area contributed by atoms with Crippen LogP contribution in [0.15, 0.2) is 0 Å². The minimum Gasteiger partial charge on any atom is -0.465 e. The van der Waals surface area contributed by atoms with Gasteiger partial charge in [-0.2, -0.15) is 0 Å². The summed E-state index contributed by atoms with van der Waals surface area (Å²) in [6.07, 6.45) is 7.51. The molecule has 1 atom stereocenters. The Morgan fingerprint density at radius 1 is 0.487 bits per heavy atom. The van der Waals surface area contributed by atoms with Gasteiger partial charge in [0, 0.05) is 106 Å². The van der Waals surface area contributed by atoms with Crippen LogP contribution < -0.4 is 0 Å². The molecule has 234 valence electrons. The molecule has 0 radical (unpaired) electrons. The molecule has 0 aromatic carbocycles. The number of aliphatic hydroxyl groups excluding tert-OH is 1. The van der Waals surface area contributed by atoms with Crippen molar-refractivity contribution in [1.82, 2.24) is 0 Å². The average Bonchev–Trinajstić information content (AvgIpc) is 2.95. The fourth-order valence-corrected chi connectivity index (χ4v) is 3.10. The first kappa shape index (κ1) is 38.1. The molecule has 0 aliphatic heterocycles. The van der Waals surface area contributed by atoms with Crippen LogP contribution in [0.25, 0.3) is 0 Å². The molecule has 39 heavy (non-hydrogen) atoms. The van der Waals surface area contributed by atoms with E-state index in [1.165, 1.54) is 0 Å². The number of carbonyl (C=O) groups excluding carboxylic acids is 1. The van der Waals surface area contributed by atoms with E-state index in [0.29, 0.717) is 106 Å². The maximum Gasteiger partial charge on any atom is 0.308 e. The average molecular weight is 567 g/mol. The van der Waals surface area contributed by atoms with Crippen LogP contribution in [-0.4, -0.2) is 117 Å². The summed E-state index contributed by atoms with van der Waals surface area (Å²) in [5.74, 6) is -0.155. The highest BCUT2D eigenvalue weighted by Gasteiger charge is 2.10. The van der Waals surface area contributed by atoms with Crippen molar-refractivity contribution in [3.63, 3.8) is 0 Å². The van der Waals surface area contributed by atoms with Crippen LogP contribution in [0.1, 0.15) is 71.6 Å². The van der Waals surface area contributed by atoms with Crippen LogP contribution in [0.4, 0.5) is 0 Å². The molecule has 0 aliphatic rings. The maximum atomic E-state index is 11.5. The van der Waals surface area contributed by atoms with E-state index < -0.39 is 0 Å². The summed E-state index contributed by atoms with van der Waals surface area (Å²) < 4.78 is 44.0. The molecular formula is C29H58O10. The molecular weight excluding hydrogens is 508 g/mol. The number of aliphatic hydroxyl groups is 1. The summed E-state index contributed by atoms with van der Waals surface area (Å²) in [7, 11) is 0. The summed E-state index contributed by atoms with van der Waals surface area (Å²) in [5.41, 5.74) is 0. The molecule has 0 rings (SSSR count). The zero-order valence-electron chi connectivity index (χ0n) is 24.9. The van der Waals surface area contributed by atoms with Crippen molar-refractivity contribution in [2.75, 3.05) is 106 Å². The molecule has 1 N–H and O–H groups in total. The molecule has 0 aromatic heterocycles. The number of carbonyl (C=O) groups is 1. The lowest BCUT2D eigenvalue weighted by Gasteiger charge is -2.09. The molecule has 0 heterocycles. The Labute approximate surface area is 237 Å². The fourth-order valence-electron chi connectivity index (χ4n) is 3.10. The second-order valence-corrected chi connectivity index (χ2v) is 9.32. The quantitative estimate of drug-likeness (QED) is 0.0930. The third-order valence-corrected chi connectivity index (χ3v) is 5.60. The first-order chi connectivity index (χ1) is 19.2. The molecule has 10 heteroatoms. The highest BCUT2D eigenvalue weighted by Crippen LogP contribution is 2.03. The Balaban J connectivity index is 3.07. The molecule has 0 aliphatic carbocycles. The molecule has 0 spiro atoms. The van der Waals surface area contributed by atoms with E-state index in [9.17, 15) is 4.79 Å². The Morgan fingerprint density at radius 2 is 0.744 bits per heavy atom. The zero-order valence-corrected chi connectivity index (χ0v) is 24.9. The van der Waals surface area contributed by atoms with E-state index >= 15 is 0 Å².